The first-order valence-electron chi connectivity index (χ1n) is 4.76. The smallest absolute Gasteiger partial charge is 0.106 e. The lowest BCUT2D eigenvalue weighted by Gasteiger charge is -2.19. The molecule has 0 N–H and O–H groups in total. The number of halogens is 1. The summed E-state index contributed by atoms with van der Waals surface area (Å²) in [4.78, 5) is 6.20. The molecule has 0 fully saturated rings. The molecule has 0 aliphatic carbocycles. The van der Waals surface area contributed by atoms with Gasteiger partial charge < -0.3 is 4.84 Å². The van der Waals surface area contributed by atoms with E-state index in [-0.39, 0.29) is 0 Å². The van der Waals surface area contributed by atoms with Gasteiger partial charge in [-0.3, -0.25) is 0 Å². The van der Waals surface area contributed by atoms with E-state index in [0.717, 1.165) is 22.4 Å². The molecule has 2 rings (SSSR count). The van der Waals surface area contributed by atoms with E-state index in [1.54, 1.807) is 7.11 Å². The van der Waals surface area contributed by atoms with Gasteiger partial charge in [-0.25, -0.2) is 0 Å². The lowest BCUT2D eigenvalue weighted by atomic mass is 10.0. The average molecular weight is 286 g/mol. The number of oxime groups is 1. The summed E-state index contributed by atoms with van der Waals surface area (Å²) in [5.41, 5.74) is 3.54. The van der Waals surface area contributed by atoms with E-state index in [4.69, 9.17) is 4.84 Å². The van der Waals surface area contributed by atoms with Gasteiger partial charge in [0, 0.05) is 27.1 Å². The van der Waals surface area contributed by atoms with E-state index >= 15 is 0 Å². The second-order valence-corrected chi connectivity index (χ2v) is 5.36. The largest absolute Gasteiger partial charge is 0.399 e. The molecule has 0 radical (unpaired) electrons. The van der Waals surface area contributed by atoms with Gasteiger partial charge in [0.1, 0.15) is 7.11 Å². The van der Waals surface area contributed by atoms with Crippen molar-refractivity contribution in [2.75, 3.05) is 12.9 Å². The van der Waals surface area contributed by atoms with E-state index in [1.807, 2.05) is 11.8 Å². The highest BCUT2D eigenvalue weighted by Crippen LogP contribution is 2.35. The number of hydrogen-bond donors (Lipinski definition) is 0. The van der Waals surface area contributed by atoms with E-state index in [2.05, 4.69) is 40.1 Å². The van der Waals surface area contributed by atoms with E-state index in [1.165, 1.54) is 16.0 Å². The summed E-state index contributed by atoms with van der Waals surface area (Å²) in [5.74, 6) is 1.08. The van der Waals surface area contributed by atoms with Crippen LogP contribution in [0.25, 0.3) is 0 Å². The van der Waals surface area contributed by atoms with Gasteiger partial charge in [0.2, 0.25) is 0 Å². The van der Waals surface area contributed by atoms with E-state index in [9.17, 15) is 0 Å². The van der Waals surface area contributed by atoms with Gasteiger partial charge in [-0.05, 0) is 24.6 Å². The highest BCUT2D eigenvalue weighted by Gasteiger charge is 2.19. The van der Waals surface area contributed by atoms with E-state index in [0.29, 0.717) is 0 Å². The highest BCUT2D eigenvalue weighted by molar-refractivity contribution is 9.10. The molecule has 0 unspecified atom stereocenters. The molecule has 1 heterocycles. The Bertz CT molecular complexity index is 417. The maximum atomic E-state index is 4.90. The van der Waals surface area contributed by atoms with Gasteiger partial charge in [-0.15, -0.1) is 11.8 Å². The molecule has 0 aromatic heterocycles. The summed E-state index contributed by atoms with van der Waals surface area (Å²) >= 11 is 5.43. The molecule has 1 aliphatic rings. The van der Waals surface area contributed by atoms with Crippen LogP contribution in [0.15, 0.2) is 26.7 Å². The topological polar surface area (TPSA) is 21.6 Å². The fraction of sp³-hybridized carbons (Fsp3) is 0.364. The molecule has 0 amide bonds. The Kier molecular flexibility index (Phi) is 3.36. The maximum absolute atomic E-state index is 4.90. The van der Waals surface area contributed by atoms with Crippen molar-refractivity contribution in [3.05, 3.63) is 27.7 Å². The van der Waals surface area contributed by atoms with Crippen LogP contribution in [0.3, 0.4) is 0 Å². The van der Waals surface area contributed by atoms with Crippen LogP contribution in [0.1, 0.15) is 17.5 Å². The third-order valence-electron chi connectivity index (χ3n) is 2.45. The third kappa shape index (κ3) is 2.06. The van der Waals surface area contributed by atoms with Crippen molar-refractivity contribution in [1.82, 2.24) is 0 Å². The molecule has 0 saturated heterocycles. The molecule has 80 valence electrons. The molecule has 0 bridgehead atoms. The Labute approximate surface area is 102 Å². The quantitative estimate of drug-likeness (QED) is 0.736. The van der Waals surface area contributed by atoms with Crippen LogP contribution in [0.4, 0.5) is 0 Å². The van der Waals surface area contributed by atoms with Crippen LogP contribution in [0.5, 0.6) is 0 Å². The number of fused-ring (bicyclic) bond motifs is 1. The van der Waals surface area contributed by atoms with Crippen molar-refractivity contribution >= 4 is 33.4 Å². The van der Waals surface area contributed by atoms with Crippen LogP contribution in [-0.4, -0.2) is 18.6 Å². The summed E-state index contributed by atoms with van der Waals surface area (Å²) in [6.07, 6.45) is 0.975. The summed E-state index contributed by atoms with van der Waals surface area (Å²) < 4.78 is 1.13. The number of thioether (sulfide) groups is 1. The minimum absolute atomic E-state index is 0.975. The lowest BCUT2D eigenvalue weighted by Crippen LogP contribution is -2.12. The summed E-state index contributed by atoms with van der Waals surface area (Å²) in [6, 6.07) is 4.23. The number of rotatable bonds is 1. The Morgan fingerprint density at radius 2 is 2.27 bits per heavy atom. The second kappa shape index (κ2) is 4.58. The monoisotopic (exact) mass is 285 g/mol. The van der Waals surface area contributed by atoms with Crippen LogP contribution >= 0.6 is 27.7 Å². The standard InChI is InChI=1S/C11H12BrNOS/c1-7-8(12)3-4-10-11(7)9(13-14-2)5-6-15-10/h3-4H,5-6H2,1-2H3. The molecular weight excluding hydrogens is 274 g/mol. The van der Waals surface area contributed by atoms with Crippen molar-refractivity contribution in [3.8, 4) is 0 Å². The fourth-order valence-corrected chi connectivity index (χ4v) is 3.15. The molecule has 1 aromatic rings. The predicted molar refractivity (Wildman–Crippen MR) is 67.8 cm³/mol. The SMILES string of the molecule is CON=C1CCSc2ccc(Br)c(C)c21. The molecular formula is C11H12BrNOS. The zero-order chi connectivity index (χ0) is 10.8. The highest BCUT2D eigenvalue weighted by atomic mass is 79.9. The van der Waals surface area contributed by atoms with Crippen molar-refractivity contribution in [3.63, 3.8) is 0 Å². The third-order valence-corrected chi connectivity index (χ3v) is 4.37. The van der Waals surface area contributed by atoms with Gasteiger partial charge in [-0.2, -0.15) is 0 Å². The fourth-order valence-electron chi connectivity index (χ4n) is 1.72. The Hall–Kier alpha value is -0.480. The van der Waals surface area contributed by atoms with E-state index < -0.39 is 0 Å². The van der Waals surface area contributed by atoms with Gasteiger partial charge in [0.05, 0.1) is 5.71 Å². The van der Waals surface area contributed by atoms with Crippen molar-refractivity contribution in [2.24, 2.45) is 5.16 Å². The number of hydrogen-bond acceptors (Lipinski definition) is 3. The molecule has 1 aliphatic heterocycles. The first-order valence-corrected chi connectivity index (χ1v) is 6.54. The molecule has 15 heavy (non-hydrogen) atoms. The lowest BCUT2D eigenvalue weighted by molar-refractivity contribution is 0.213. The van der Waals surface area contributed by atoms with Crippen molar-refractivity contribution < 1.29 is 4.84 Å². The normalized spacial score (nSPS) is 17.7. The second-order valence-electron chi connectivity index (χ2n) is 3.36. The van der Waals surface area contributed by atoms with Crippen LogP contribution in [-0.2, 0) is 4.84 Å². The van der Waals surface area contributed by atoms with Crippen molar-refractivity contribution in [2.45, 2.75) is 18.2 Å². The summed E-state index contributed by atoms with van der Waals surface area (Å²) in [5, 5.41) is 4.11. The predicted octanol–water partition coefficient (Wildman–Crippen LogP) is 3.60. The van der Waals surface area contributed by atoms with Crippen LogP contribution < -0.4 is 0 Å². The van der Waals surface area contributed by atoms with Gasteiger partial charge in [0.15, 0.2) is 0 Å². The molecule has 0 saturated carbocycles. The van der Waals surface area contributed by atoms with Gasteiger partial charge in [0.25, 0.3) is 0 Å². The number of benzene rings is 1. The average Bonchev–Trinajstić information content (AvgIpc) is 2.24. The molecule has 1 aromatic carbocycles. The first kappa shape index (κ1) is 11.0. The Balaban J connectivity index is 2.58. The van der Waals surface area contributed by atoms with Gasteiger partial charge >= 0.3 is 0 Å². The zero-order valence-electron chi connectivity index (χ0n) is 8.71. The summed E-state index contributed by atoms with van der Waals surface area (Å²) in [7, 11) is 1.60. The first-order chi connectivity index (χ1) is 7.24. The maximum Gasteiger partial charge on any atom is 0.106 e. The minimum Gasteiger partial charge on any atom is -0.399 e. The number of nitrogens with zero attached hydrogens (tertiary/aromatic N) is 1. The van der Waals surface area contributed by atoms with Crippen LogP contribution in [0, 0.1) is 6.92 Å². The molecule has 0 spiro atoms. The van der Waals surface area contributed by atoms with Crippen LogP contribution in [0.2, 0.25) is 0 Å². The molecule has 2 nitrogen and oxygen atoms in total. The Morgan fingerprint density at radius 3 is 3.00 bits per heavy atom. The zero-order valence-corrected chi connectivity index (χ0v) is 11.1. The van der Waals surface area contributed by atoms with Gasteiger partial charge in [-0.1, -0.05) is 21.1 Å². The molecule has 4 heteroatoms. The summed E-state index contributed by atoms with van der Waals surface area (Å²) in [6.45, 7) is 2.11. The minimum atomic E-state index is 0.975. The Morgan fingerprint density at radius 1 is 1.47 bits per heavy atom. The molecule has 0 atom stereocenters. The van der Waals surface area contributed by atoms with Crippen molar-refractivity contribution in [1.29, 1.82) is 0 Å².